The Kier molecular flexibility index (Phi) is 2.41. The normalized spacial score (nSPS) is 22.8. The van der Waals surface area contributed by atoms with Gasteiger partial charge >= 0.3 is 0 Å². The van der Waals surface area contributed by atoms with Gasteiger partial charge in [-0.15, -0.1) is 12.3 Å². The van der Waals surface area contributed by atoms with E-state index >= 15 is 0 Å². The first-order chi connectivity index (χ1) is 5.67. The maximum Gasteiger partial charge on any atom is 0.253 e. The van der Waals surface area contributed by atoms with E-state index in [9.17, 15) is 8.78 Å². The summed E-state index contributed by atoms with van der Waals surface area (Å²) >= 11 is 0. The summed E-state index contributed by atoms with van der Waals surface area (Å²) in [7, 11) is 0. The minimum absolute atomic E-state index is 0.132. The van der Waals surface area contributed by atoms with Crippen LogP contribution in [0.25, 0.3) is 0 Å². The number of terminal acetylenes is 1. The summed E-state index contributed by atoms with van der Waals surface area (Å²) in [5, 5.41) is 6.81. The lowest BCUT2D eigenvalue weighted by Crippen LogP contribution is -2.35. The lowest BCUT2D eigenvalue weighted by Gasteiger charge is -2.16. The van der Waals surface area contributed by atoms with Gasteiger partial charge in [-0.1, -0.05) is 6.92 Å². The minimum atomic E-state index is -1.47. The number of alkyl halides is 2. The molecule has 0 saturated heterocycles. The highest BCUT2D eigenvalue weighted by Gasteiger charge is 2.55. The van der Waals surface area contributed by atoms with E-state index in [0.29, 0.717) is 0 Å². The molecule has 1 rings (SSSR count). The van der Waals surface area contributed by atoms with E-state index in [1.54, 1.807) is 6.92 Å². The average molecular weight is 172 g/mol. The van der Waals surface area contributed by atoms with Crippen molar-refractivity contribution in [1.29, 1.82) is 0 Å². The molecule has 12 heavy (non-hydrogen) atoms. The second-order valence-electron chi connectivity index (χ2n) is 2.73. The largest absolute Gasteiger partial charge is 0.253 e. The number of hydrogen-bond acceptors (Lipinski definition) is 2. The van der Waals surface area contributed by atoms with Gasteiger partial charge in [0.2, 0.25) is 0 Å². The number of halogens is 2. The molecule has 0 aromatic rings. The molecule has 0 fully saturated rings. The lowest BCUT2D eigenvalue weighted by molar-refractivity contribution is 0.148. The Balaban J connectivity index is 2.55. The molecule has 0 N–H and O–H groups in total. The van der Waals surface area contributed by atoms with E-state index in [1.807, 2.05) is 0 Å². The van der Waals surface area contributed by atoms with Gasteiger partial charge in [0.15, 0.2) is 12.3 Å². The Morgan fingerprint density at radius 3 is 2.33 bits per heavy atom. The highest BCUT2D eigenvalue weighted by Crippen LogP contribution is 2.41. The van der Waals surface area contributed by atoms with Gasteiger partial charge in [0.1, 0.15) is 0 Å². The molecule has 0 aromatic carbocycles. The van der Waals surface area contributed by atoms with Gasteiger partial charge in [0.05, 0.1) is 0 Å². The molecule has 2 unspecified atom stereocenters. The van der Waals surface area contributed by atoms with Crippen molar-refractivity contribution in [3.63, 3.8) is 0 Å². The summed E-state index contributed by atoms with van der Waals surface area (Å²) in [5.74, 6) is 2.13. The van der Waals surface area contributed by atoms with Crippen molar-refractivity contribution in [2.24, 2.45) is 10.2 Å². The molecule has 0 radical (unpaired) electrons. The molecule has 0 spiro atoms. The van der Waals surface area contributed by atoms with Gasteiger partial charge in [-0.3, -0.25) is 0 Å². The Hall–Kier alpha value is -0.980. The highest BCUT2D eigenvalue weighted by molar-refractivity contribution is 5.08. The predicted octanol–water partition coefficient (Wildman–Crippen LogP) is 2.26. The highest BCUT2D eigenvalue weighted by atomic mass is 19.1. The summed E-state index contributed by atoms with van der Waals surface area (Å²) in [4.78, 5) is 0. The fourth-order valence-corrected chi connectivity index (χ4v) is 1.06. The average Bonchev–Trinajstić information content (AvgIpc) is 2.84. The van der Waals surface area contributed by atoms with Crippen molar-refractivity contribution < 1.29 is 8.78 Å². The van der Waals surface area contributed by atoms with E-state index in [4.69, 9.17) is 6.42 Å². The van der Waals surface area contributed by atoms with Crippen LogP contribution in [0.4, 0.5) is 8.78 Å². The van der Waals surface area contributed by atoms with E-state index in [1.165, 1.54) is 0 Å². The van der Waals surface area contributed by atoms with Crippen LogP contribution < -0.4 is 0 Å². The van der Waals surface area contributed by atoms with Crippen molar-refractivity contribution >= 4 is 0 Å². The molecule has 0 saturated carbocycles. The smallest absolute Gasteiger partial charge is 0.242 e. The Labute approximate surface area is 70.1 Å². The van der Waals surface area contributed by atoms with E-state index in [-0.39, 0.29) is 12.8 Å². The third kappa shape index (κ3) is 1.31. The monoisotopic (exact) mass is 172 g/mol. The lowest BCUT2D eigenvalue weighted by atomic mass is 9.99. The van der Waals surface area contributed by atoms with Crippen LogP contribution in [0.2, 0.25) is 0 Å². The summed E-state index contributed by atoms with van der Waals surface area (Å²) in [5.41, 5.74) is -1.46. The van der Waals surface area contributed by atoms with Crippen LogP contribution in [0.5, 0.6) is 0 Å². The molecule has 1 aliphatic heterocycles. The topological polar surface area (TPSA) is 24.7 Å². The number of hydrogen-bond donors (Lipinski definition) is 0. The van der Waals surface area contributed by atoms with Crippen LogP contribution >= 0.6 is 0 Å². The Morgan fingerprint density at radius 2 is 2.00 bits per heavy atom. The van der Waals surface area contributed by atoms with Gasteiger partial charge in [0.25, 0.3) is 5.66 Å². The first kappa shape index (κ1) is 9.11. The van der Waals surface area contributed by atoms with Crippen LogP contribution in [0, 0.1) is 12.3 Å². The fourth-order valence-electron chi connectivity index (χ4n) is 1.06. The Bertz CT molecular complexity index is 226. The minimum Gasteiger partial charge on any atom is -0.242 e. The van der Waals surface area contributed by atoms with Crippen molar-refractivity contribution in [3.05, 3.63) is 0 Å². The standard InChI is InChI=1S/C8H10F2N2/c1-3-5-7(10)8(11-12-8)6(9)4-2/h1,6-7H,4-5H2,2H3. The first-order valence-electron chi connectivity index (χ1n) is 3.83. The van der Waals surface area contributed by atoms with Crippen LogP contribution in [-0.2, 0) is 0 Å². The zero-order chi connectivity index (χ0) is 9.19. The molecule has 1 heterocycles. The molecular formula is C8H10F2N2. The third-order valence-corrected chi connectivity index (χ3v) is 1.91. The SMILES string of the molecule is C#CCC(F)C1(C(F)CC)N=N1. The molecular weight excluding hydrogens is 162 g/mol. The summed E-state index contributed by atoms with van der Waals surface area (Å²) in [6.45, 7) is 1.62. The summed E-state index contributed by atoms with van der Waals surface area (Å²) in [6, 6.07) is 0. The fraction of sp³-hybridized carbons (Fsp3) is 0.750. The quantitative estimate of drug-likeness (QED) is 0.581. The molecule has 4 heteroatoms. The van der Waals surface area contributed by atoms with Gasteiger partial charge < -0.3 is 0 Å². The second-order valence-corrected chi connectivity index (χ2v) is 2.73. The molecule has 0 amide bonds. The van der Waals surface area contributed by atoms with Crippen LogP contribution in [-0.4, -0.2) is 18.0 Å². The molecule has 66 valence electrons. The van der Waals surface area contributed by atoms with Crippen molar-refractivity contribution in [3.8, 4) is 12.3 Å². The number of nitrogens with zero attached hydrogens (tertiary/aromatic N) is 2. The first-order valence-corrected chi connectivity index (χ1v) is 3.83. The zero-order valence-electron chi connectivity index (χ0n) is 6.80. The Morgan fingerprint density at radius 1 is 1.42 bits per heavy atom. The number of rotatable bonds is 4. The third-order valence-electron chi connectivity index (χ3n) is 1.91. The van der Waals surface area contributed by atoms with Crippen LogP contribution in [0.15, 0.2) is 10.2 Å². The van der Waals surface area contributed by atoms with Crippen molar-refractivity contribution in [1.82, 2.24) is 0 Å². The maximum absolute atomic E-state index is 13.1. The molecule has 0 aliphatic carbocycles. The maximum atomic E-state index is 13.1. The predicted molar refractivity (Wildman–Crippen MR) is 41.1 cm³/mol. The summed E-state index contributed by atoms with van der Waals surface area (Å²) < 4.78 is 26.2. The van der Waals surface area contributed by atoms with Gasteiger partial charge in [0, 0.05) is 6.42 Å². The van der Waals surface area contributed by atoms with Gasteiger partial charge in [-0.2, -0.15) is 10.2 Å². The van der Waals surface area contributed by atoms with E-state index in [0.717, 1.165) is 0 Å². The van der Waals surface area contributed by atoms with Crippen molar-refractivity contribution in [2.75, 3.05) is 0 Å². The van der Waals surface area contributed by atoms with Gasteiger partial charge in [-0.25, -0.2) is 8.78 Å². The molecule has 0 aromatic heterocycles. The van der Waals surface area contributed by atoms with E-state index in [2.05, 4.69) is 16.1 Å². The molecule has 2 atom stereocenters. The zero-order valence-corrected chi connectivity index (χ0v) is 6.80. The molecule has 0 bridgehead atoms. The molecule has 1 aliphatic rings. The second kappa shape index (κ2) is 3.18. The van der Waals surface area contributed by atoms with Crippen LogP contribution in [0.1, 0.15) is 19.8 Å². The van der Waals surface area contributed by atoms with Crippen LogP contribution in [0.3, 0.4) is 0 Å². The van der Waals surface area contributed by atoms with E-state index < -0.39 is 18.0 Å². The summed E-state index contributed by atoms with van der Waals surface area (Å²) in [6.07, 6.45) is 2.15. The van der Waals surface area contributed by atoms with Gasteiger partial charge in [-0.05, 0) is 6.42 Å². The molecule has 2 nitrogen and oxygen atoms in total. The van der Waals surface area contributed by atoms with Crippen molar-refractivity contribution in [2.45, 2.75) is 37.8 Å².